The molecule has 0 radical (unpaired) electrons. The molecule has 0 amide bonds. The van der Waals surface area contributed by atoms with Crippen LogP contribution < -0.4 is 0 Å². The second-order valence-corrected chi connectivity index (χ2v) is 4.19. The van der Waals surface area contributed by atoms with E-state index in [1.54, 1.807) is 5.57 Å². The third-order valence-corrected chi connectivity index (χ3v) is 3.57. The Hall–Kier alpha value is -0.520. The molecule has 0 spiro atoms. The predicted octanol–water partition coefficient (Wildman–Crippen LogP) is 3.84. The molecule has 12 heavy (non-hydrogen) atoms. The molecule has 0 heterocycles. The van der Waals surface area contributed by atoms with Crippen molar-refractivity contribution in [1.29, 1.82) is 0 Å². The molecule has 0 aromatic carbocycles. The lowest BCUT2D eigenvalue weighted by Crippen LogP contribution is -2.29. The van der Waals surface area contributed by atoms with E-state index < -0.39 is 0 Å². The summed E-state index contributed by atoms with van der Waals surface area (Å²) in [7, 11) is 0. The van der Waals surface area contributed by atoms with Gasteiger partial charge in [0.15, 0.2) is 0 Å². The van der Waals surface area contributed by atoms with Crippen LogP contribution in [-0.2, 0) is 0 Å². The smallest absolute Gasteiger partial charge is 0.00881 e. The predicted molar refractivity (Wildman–Crippen MR) is 53.0 cm³/mol. The van der Waals surface area contributed by atoms with E-state index in [9.17, 15) is 0 Å². The zero-order valence-electron chi connectivity index (χ0n) is 7.81. The standard InChI is InChI=1S/C12H18/c1-2-12(9-6-10-12)11-7-4-3-5-8-11/h2,7H,1,3-6,8-10H2. The lowest BCUT2D eigenvalue weighted by molar-refractivity contribution is 0.246. The van der Waals surface area contributed by atoms with Crippen LogP contribution in [0.5, 0.6) is 0 Å². The normalized spacial score (nSPS) is 27.2. The van der Waals surface area contributed by atoms with Gasteiger partial charge in [0, 0.05) is 5.41 Å². The first-order valence-corrected chi connectivity index (χ1v) is 5.20. The van der Waals surface area contributed by atoms with Crippen molar-refractivity contribution in [2.75, 3.05) is 0 Å². The molecule has 2 aliphatic rings. The molecule has 0 aromatic heterocycles. The molecule has 0 unspecified atom stereocenters. The molecule has 66 valence electrons. The highest BCUT2D eigenvalue weighted by atomic mass is 14.4. The van der Waals surface area contributed by atoms with E-state index in [0.717, 1.165) is 0 Å². The molecule has 1 saturated carbocycles. The molecule has 2 aliphatic carbocycles. The van der Waals surface area contributed by atoms with Gasteiger partial charge in [-0.2, -0.15) is 0 Å². The minimum Gasteiger partial charge on any atom is -0.102 e. The van der Waals surface area contributed by atoms with E-state index in [4.69, 9.17) is 0 Å². The van der Waals surface area contributed by atoms with Gasteiger partial charge in [-0.1, -0.05) is 24.1 Å². The van der Waals surface area contributed by atoms with Crippen molar-refractivity contribution in [3.63, 3.8) is 0 Å². The van der Waals surface area contributed by atoms with E-state index in [0.29, 0.717) is 5.41 Å². The summed E-state index contributed by atoms with van der Waals surface area (Å²) >= 11 is 0. The Morgan fingerprint density at radius 1 is 1.25 bits per heavy atom. The van der Waals surface area contributed by atoms with Gasteiger partial charge >= 0.3 is 0 Å². The van der Waals surface area contributed by atoms with Crippen molar-refractivity contribution in [2.45, 2.75) is 44.9 Å². The quantitative estimate of drug-likeness (QED) is 0.541. The first-order valence-electron chi connectivity index (χ1n) is 5.20. The average Bonchev–Trinajstić information content (AvgIpc) is 2.05. The number of rotatable bonds is 2. The van der Waals surface area contributed by atoms with Crippen molar-refractivity contribution in [2.24, 2.45) is 5.41 Å². The van der Waals surface area contributed by atoms with E-state index >= 15 is 0 Å². The van der Waals surface area contributed by atoms with Gasteiger partial charge in [0.2, 0.25) is 0 Å². The van der Waals surface area contributed by atoms with E-state index in [1.165, 1.54) is 44.9 Å². The van der Waals surface area contributed by atoms with Gasteiger partial charge in [-0.05, 0) is 38.5 Å². The number of allylic oxidation sites excluding steroid dienone is 3. The Labute approximate surface area is 75.4 Å². The molecule has 1 fully saturated rings. The van der Waals surface area contributed by atoms with Crippen molar-refractivity contribution < 1.29 is 0 Å². The summed E-state index contributed by atoms with van der Waals surface area (Å²) in [5, 5.41) is 0. The van der Waals surface area contributed by atoms with Crippen LogP contribution in [0.4, 0.5) is 0 Å². The first-order chi connectivity index (χ1) is 5.87. The van der Waals surface area contributed by atoms with Gasteiger partial charge < -0.3 is 0 Å². The Bertz CT molecular complexity index is 206. The van der Waals surface area contributed by atoms with Crippen LogP contribution in [0.15, 0.2) is 24.3 Å². The monoisotopic (exact) mass is 162 g/mol. The maximum absolute atomic E-state index is 3.99. The van der Waals surface area contributed by atoms with E-state index in [2.05, 4.69) is 18.7 Å². The molecular weight excluding hydrogens is 144 g/mol. The number of hydrogen-bond donors (Lipinski definition) is 0. The van der Waals surface area contributed by atoms with Crippen LogP contribution >= 0.6 is 0 Å². The summed E-state index contributed by atoms with van der Waals surface area (Å²) in [6.45, 7) is 3.99. The zero-order valence-corrected chi connectivity index (χ0v) is 7.81. The first kappa shape index (κ1) is 8.10. The zero-order chi connectivity index (χ0) is 8.44. The van der Waals surface area contributed by atoms with Crippen LogP contribution in [0.1, 0.15) is 44.9 Å². The second-order valence-electron chi connectivity index (χ2n) is 4.19. The Morgan fingerprint density at radius 3 is 2.50 bits per heavy atom. The van der Waals surface area contributed by atoms with Crippen molar-refractivity contribution in [1.82, 2.24) is 0 Å². The fourth-order valence-corrected chi connectivity index (χ4v) is 2.50. The molecule has 0 N–H and O–H groups in total. The Morgan fingerprint density at radius 2 is 2.08 bits per heavy atom. The number of hydrogen-bond acceptors (Lipinski definition) is 0. The molecular formula is C12H18. The van der Waals surface area contributed by atoms with Crippen LogP contribution in [0.3, 0.4) is 0 Å². The van der Waals surface area contributed by atoms with Gasteiger partial charge in [0.1, 0.15) is 0 Å². The molecule has 0 heteroatoms. The van der Waals surface area contributed by atoms with Crippen LogP contribution in [-0.4, -0.2) is 0 Å². The Kier molecular flexibility index (Phi) is 2.08. The Balaban J connectivity index is 2.14. The van der Waals surface area contributed by atoms with Crippen molar-refractivity contribution in [3.05, 3.63) is 24.3 Å². The summed E-state index contributed by atoms with van der Waals surface area (Å²) < 4.78 is 0. The van der Waals surface area contributed by atoms with Crippen LogP contribution in [0.2, 0.25) is 0 Å². The summed E-state index contributed by atoms with van der Waals surface area (Å²) in [6.07, 6.45) is 14.3. The molecule has 0 bridgehead atoms. The molecule has 2 rings (SSSR count). The molecule has 0 nitrogen and oxygen atoms in total. The fraction of sp³-hybridized carbons (Fsp3) is 0.667. The minimum absolute atomic E-state index is 0.459. The average molecular weight is 162 g/mol. The lowest BCUT2D eigenvalue weighted by Gasteiger charge is -2.42. The highest BCUT2D eigenvalue weighted by Gasteiger charge is 2.37. The SMILES string of the molecule is C=CC1(C2=CCCCC2)CCC1. The van der Waals surface area contributed by atoms with E-state index in [-0.39, 0.29) is 0 Å². The van der Waals surface area contributed by atoms with Gasteiger partial charge in [0.25, 0.3) is 0 Å². The summed E-state index contributed by atoms with van der Waals surface area (Å²) in [5.41, 5.74) is 2.16. The summed E-state index contributed by atoms with van der Waals surface area (Å²) in [5.74, 6) is 0. The van der Waals surface area contributed by atoms with Gasteiger partial charge in [-0.3, -0.25) is 0 Å². The fourth-order valence-electron chi connectivity index (χ4n) is 2.50. The molecule has 0 aromatic rings. The van der Waals surface area contributed by atoms with Gasteiger partial charge in [-0.15, -0.1) is 6.58 Å². The van der Waals surface area contributed by atoms with Crippen molar-refractivity contribution in [3.8, 4) is 0 Å². The summed E-state index contributed by atoms with van der Waals surface area (Å²) in [6, 6.07) is 0. The summed E-state index contributed by atoms with van der Waals surface area (Å²) in [4.78, 5) is 0. The largest absolute Gasteiger partial charge is 0.102 e. The second kappa shape index (κ2) is 3.08. The topological polar surface area (TPSA) is 0 Å². The lowest BCUT2D eigenvalue weighted by atomic mass is 9.62. The van der Waals surface area contributed by atoms with Crippen LogP contribution in [0, 0.1) is 5.41 Å². The highest BCUT2D eigenvalue weighted by molar-refractivity contribution is 5.25. The van der Waals surface area contributed by atoms with Crippen LogP contribution in [0.25, 0.3) is 0 Å². The van der Waals surface area contributed by atoms with Crippen molar-refractivity contribution >= 4 is 0 Å². The van der Waals surface area contributed by atoms with Gasteiger partial charge in [-0.25, -0.2) is 0 Å². The molecule has 0 atom stereocenters. The third-order valence-electron chi connectivity index (χ3n) is 3.57. The highest BCUT2D eigenvalue weighted by Crippen LogP contribution is 2.50. The maximum atomic E-state index is 3.99. The van der Waals surface area contributed by atoms with E-state index in [1.807, 2.05) is 0 Å². The third kappa shape index (κ3) is 1.14. The minimum atomic E-state index is 0.459. The maximum Gasteiger partial charge on any atom is 0.00881 e. The van der Waals surface area contributed by atoms with Gasteiger partial charge in [0.05, 0.1) is 0 Å². The molecule has 0 saturated heterocycles. The molecule has 0 aliphatic heterocycles.